The topological polar surface area (TPSA) is 59.1 Å². The lowest BCUT2D eigenvalue weighted by atomic mass is 9.85. The zero-order valence-corrected chi connectivity index (χ0v) is 13.1. The summed E-state index contributed by atoms with van der Waals surface area (Å²) in [6, 6.07) is 3.16. The summed E-state index contributed by atoms with van der Waals surface area (Å²) in [5.74, 6) is 0. The summed E-state index contributed by atoms with van der Waals surface area (Å²) >= 11 is 3.47. The Kier molecular flexibility index (Phi) is 5.75. The summed E-state index contributed by atoms with van der Waals surface area (Å²) in [6.07, 6.45) is 4.75. The molecule has 0 aliphatic heterocycles. The van der Waals surface area contributed by atoms with E-state index in [0.717, 1.165) is 18.2 Å². The molecule has 0 aliphatic rings. The quantitative estimate of drug-likeness (QED) is 0.779. The van der Waals surface area contributed by atoms with E-state index < -0.39 is 10.0 Å². The maximum absolute atomic E-state index is 12.1. The number of rotatable bonds is 7. The SMILES string of the molecule is CCC(CC)(CBr)CNS(=O)(=O)c1cccnc1. The van der Waals surface area contributed by atoms with Crippen LogP contribution in [0.4, 0.5) is 0 Å². The van der Waals surface area contributed by atoms with E-state index in [9.17, 15) is 8.42 Å². The van der Waals surface area contributed by atoms with Gasteiger partial charge in [-0.2, -0.15) is 0 Å². The van der Waals surface area contributed by atoms with Crippen molar-refractivity contribution >= 4 is 26.0 Å². The van der Waals surface area contributed by atoms with E-state index in [1.54, 1.807) is 18.3 Å². The molecule has 0 spiro atoms. The van der Waals surface area contributed by atoms with Crippen LogP contribution in [0, 0.1) is 5.41 Å². The van der Waals surface area contributed by atoms with E-state index in [1.165, 1.54) is 6.20 Å². The normalized spacial score (nSPS) is 12.6. The van der Waals surface area contributed by atoms with Gasteiger partial charge in [-0.05, 0) is 30.4 Å². The molecule has 18 heavy (non-hydrogen) atoms. The van der Waals surface area contributed by atoms with Gasteiger partial charge in [0, 0.05) is 24.3 Å². The van der Waals surface area contributed by atoms with Crippen molar-refractivity contribution in [3.8, 4) is 0 Å². The van der Waals surface area contributed by atoms with Gasteiger partial charge in [0.1, 0.15) is 4.90 Å². The Morgan fingerprint density at radius 3 is 2.50 bits per heavy atom. The van der Waals surface area contributed by atoms with Crippen LogP contribution in [-0.4, -0.2) is 25.3 Å². The van der Waals surface area contributed by atoms with E-state index in [2.05, 4.69) is 39.5 Å². The summed E-state index contributed by atoms with van der Waals surface area (Å²) in [7, 11) is -3.46. The Morgan fingerprint density at radius 1 is 1.39 bits per heavy atom. The Bertz CT molecular complexity index is 450. The van der Waals surface area contributed by atoms with Crippen LogP contribution in [0.2, 0.25) is 0 Å². The van der Waals surface area contributed by atoms with Gasteiger partial charge in [0.25, 0.3) is 0 Å². The highest BCUT2D eigenvalue weighted by atomic mass is 79.9. The van der Waals surface area contributed by atoms with Crippen LogP contribution in [-0.2, 0) is 10.0 Å². The third-order valence-corrected chi connectivity index (χ3v) is 5.94. The van der Waals surface area contributed by atoms with Crippen molar-refractivity contribution in [2.24, 2.45) is 5.41 Å². The van der Waals surface area contributed by atoms with Crippen LogP contribution in [0.3, 0.4) is 0 Å². The maximum atomic E-state index is 12.1. The van der Waals surface area contributed by atoms with Gasteiger partial charge in [0.05, 0.1) is 0 Å². The van der Waals surface area contributed by atoms with Crippen LogP contribution >= 0.6 is 15.9 Å². The predicted molar refractivity (Wildman–Crippen MR) is 76.2 cm³/mol. The molecule has 1 N–H and O–H groups in total. The number of hydrogen-bond donors (Lipinski definition) is 1. The number of aromatic nitrogens is 1. The first-order valence-electron chi connectivity index (χ1n) is 5.95. The summed E-state index contributed by atoms with van der Waals surface area (Å²) in [5.41, 5.74) is -0.0325. The number of pyridine rings is 1. The lowest BCUT2D eigenvalue weighted by Gasteiger charge is -2.29. The number of alkyl halides is 1. The molecule has 0 fully saturated rings. The fourth-order valence-electron chi connectivity index (χ4n) is 1.57. The second kappa shape index (κ2) is 6.63. The molecule has 0 aromatic carbocycles. The molecule has 0 atom stereocenters. The summed E-state index contributed by atoms with van der Waals surface area (Å²) < 4.78 is 26.8. The third kappa shape index (κ3) is 3.76. The molecule has 0 saturated heterocycles. The highest BCUT2D eigenvalue weighted by Crippen LogP contribution is 2.28. The fraction of sp³-hybridized carbons (Fsp3) is 0.583. The minimum absolute atomic E-state index is 0.0325. The Hall–Kier alpha value is -0.460. The zero-order chi connectivity index (χ0) is 13.6. The minimum Gasteiger partial charge on any atom is -0.263 e. The van der Waals surface area contributed by atoms with Gasteiger partial charge in [-0.15, -0.1) is 0 Å². The Balaban J connectivity index is 2.79. The molecule has 0 amide bonds. The first kappa shape index (κ1) is 15.6. The van der Waals surface area contributed by atoms with Crippen molar-refractivity contribution in [2.75, 3.05) is 11.9 Å². The van der Waals surface area contributed by atoms with E-state index in [0.29, 0.717) is 6.54 Å². The number of nitrogens with zero attached hydrogens (tertiary/aromatic N) is 1. The highest BCUT2D eigenvalue weighted by molar-refractivity contribution is 9.09. The molecule has 0 unspecified atom stereocenters. The van der Waals surface area contributed by atoms with E-state index in [-0.39, 0.29) is 10.3 Å². The molecule has 1 heterocycles. The lowest BCUT2D eigenvalue weighted by molar-refractivity contribution is 0.309. The van der Waals surface area contributed by atoms with Crippen LogP contribution in [0.5, 0.6) is 0 Å². The summed E-state index contributed by atoms with van der Waals surface area (Å²) in [4.78, 5) is 4.04. The van der Waals surface area contributed by atoms with Crippen molar-refractivity contribution in [2.45, 2.75) is 31.6 Å². The number of halogens is 1. The first-order valence-corrected chi connectivity index (χ1v) is 8.56. The van der Waals surface area contributed by atoms with Crippen LogP contribution in [0.25, 0.3) is 0 Å². The van der Waals surface area contributed by atoms with Crippen molar-refractivity contribution in [3.63, 3.8) is 0 Å². The average molecular weight is 335 g/mol. The number of hydrogen-bond acceptors (Lipinski definition) is 3. The lowest BCUT2D eigenvalue weighted by Crippen LogP contribution is -2.38. The average Bonchev–Trinajstić information content (AvgIpc) is 2.42. The Labute approximate surface area is 117 Å². The maximum Gasteiger partial charge on any atom is 0.242 e. The van der Waals surface area contributed by atoms with Crippen LogP contribution < -0.4 is 4.72 Å². The molecular weight excluding hydrogens is 316 g/mol. The molecule has 0 bridgehead atoms. The van der Waals surface area contributed by atoms with E-state index in [1.807, 2.05) is 0 Å². The zero-order valence-electron chi connectivity index (χ0n) is 10.7. The van der Waals surface area contributed by atoms with Gasteiger partial charge >= 0.3 is 0 Å². The third-order valence-electron chi connectivity index (χ3n) is 3.37. The molecule has 0 radical (unpaired) electrons. The predicted octanol–water partition coefficient (Wildman–Crippen LogP) is 2.56. The van der Waals surface area contributed by atoms with Gasteiger partial charge in [0.15, 0.2) is 0 Å². The van der Waals surface area contributed by atoms with Gasteiger partial charge in [-0.25, -0.2) is 13.1 Å². The first-order chi connectivity index (χ1) is 8.49. The standard InChI is InChI=1S/C12H19BrN2O2S/c1-3-12(4-2,9-13)10-15-18(16,17)11-6-5-7-14-8-11/h5-8,15H,3-4,9-10H2,1-2H3. The molecule has 4 nitrogen and oxygen atoms in total. The van der Waals surface area contributed by atoms with Crippen molar-refractivity contribution < 1.29 is 8.42 Å². The van der Waals surface area contributed by atoms with E-state index >= 15 is 0 Å². The van der Waals surface area contributed by atoms with Crippen molar-refractivity contribution in [3.05, 3.63) is 24.5 Å². The minimum atomic E-state index is -3.46. The highest BCUT2D eigenvalue weighted by Gasteiger charge is 2.27. The molecule has 0 saturated carbocycles. The largest absolute Gasteiger partial charge is 0.263 e. The molecular formula is C12H19BrN2O2S. The van der Waals surface area contributed by atoms with Crippen molar-refractivity contribution in [1.82, 2.24) is 9.71 Å². The molecule has 102 valence electrons. The molecule has 1 aromatic heterocycles. The molecule has 1 rings (SSSR count). The molecule has 1 aromatic rings. The summed E-state index contributed by atoms with van der Waals surface area (Å²) in [5, 5.41) is 0.780. The summed E-state index contributed by atoms with van der Waals surface area (Å²) in [6.45, 7) is 4.58. The van der Waals surface area contributed by atoms with E-state index in [4.69, 9.17) is 0 Å². The molecule has 0 aliphatic carbocycles. The van der Waals surface area contributed by atoms with Gasteiger partial charge in [0.2, 0.25) is 10.0 Å². The molecule has 6 heteroatoms. The van der Waals surface area contributed by atoms with Gasteiger partial charge < -0.3 is 0 Å². The number of nitrogens with one attached hydrogen (secondary N) is 1. The van der Waals surface area contributed by atoms with Crippen LogP contribution in [0.1, 0.15) is 26.7 Å². The van der Waals surface area contributed by atoms with Crippen LogP contribution in [0.15, 0.2) is 29.4 Å². The fourth-order valence-corrected chi connectivity index (χ4v) is 3.69. The van der Waals surface area contributed by atoms with Crippen molar-refractivity contribution in [1.29, 1.82) is 0 Å². The second-order valence-electron chi connectivity index (χ2n) is 4.35. The Morgan fingerprint density at radius 2 is 2.06 bits per heavy atom. The smallest absolute Gasteiger partial charge is 0.242 e. The van der Waals surface area contributed by atoms with Gasteiger partial charge in [-0.3, -0.25) is 4.98 Å². The number of sulfonamides is 1. The second-order valence-corrected chi connectivity index (χ2v) is 6.68. The monoisotopic (exact) mass is 334 g/mol. The van der Waals surface area contributed by atoms with Gasteiger partial charge in [-0.1, -0.05) is 29.8 Å².